The van der Waals surface area contributed by atoms with Crippen LogP contribution in [-0.4, -0.2) is 115 Å². The highest BCUT2D eigenvalue weighted by molar-refractivity contribution is 6.30. The monoisotopic (exact) mass is 1050 g/mol. The van der Waals surface area contributed by atoms with Gasteiger partial charge < -0.3 is 45.6 Å². The van der Waals surface area contributed by atoms with Gasteiger partial charge in [-0.1, -0.05) is 53.0 Å². The standard InChI is InChI=1S/C18H18ClN5O2.C17H14ClN3O3.C16H13ClFN3O2/c1-24(2)18(26)14(6-11-4-3-5-20-9-11)23-17(25)13-7-12-8-16(19)21-10-15(12)22-13;1-24-12-4-2-10(3-5-12)15(22)9-20-17(23)13-6-11-7-16(18)19-8-14(11)21-13;17-15-6-10-5-12(21-13(10)7-19-15)16(23)20-8-14(22)9-1-3-11(18)4-2-9/h3-5,7-10,14,22H,6H2,1-2H3,(H,23,25);2-8,21H,9H2,1H3,(H,20,23);1-7,14,21-22H,8H2,(H,20,23)/t14-;;/m0../s1. The molecular formula is C51H45Cl3FN11O7. The van der Waals surface area contributed by atoms with Crippen LogP contribution in [0.2, 0.25) is 15.5 Å². The maximum Gasteiger partial charge on any atom is 0.268 e. The first-order valence-corrected chi connectivity index (χ1v) is 23.2. The Bertz CT molecular complexity index is 3410. The van der Waals surface area contributed by atoms with Crippen LogP contribution in [0, 0.1) is 5.82 Å². The Morgan fingerprint density at radius 2 is 1.19 bits per heavy atom. The van der Waals surface area contributed by atoms with E-state index in [0.29, 0.717) is 72.4 Å². The van der Waals surface area contributed by atoms with E-state index in [1.165, 1.54) is 29.2 Å². The summed E-state index contributed by atoms with van der Waals surface area (Å²) in [5, 5.41) is 21.4. The number of amides is 4. The fourth-order valence-corrected chi connectivity index (χ4v) is 7.60. The minimum absolute atomic E-state index is 0.0127. The van der Waals surface area contributed by atoms with Crippen LogP contribution in [0.15, 0.2) is 128 Å². The predicted molar refractivity (Wildman–Crippen MR) is 275 cm³/mol. The number of pyridine rings is 4. The number of nitrogens with zero attached hydrogens (tertiary/aromatic N) is 5. The second-order valence-corrected chi connectivity index (χ2v) is 17.4. The van der Waals surface area contributed by atoms with Gasteiger partial charge in [0.2, 0.25) is 5.91 Å². The van der Waals surface area contributed by atoms with E-state index in [1.54, 1.807) is 119 Å². The number of carbonyl (C=O) groups excluding carboxylic acids is 5. The number of ether oxygens (including phenoxy) is 1. The molecule has 0 spiro atoms. The lowest BCUT2D eigenvalue weighted by molar-refractivity contribution is -0.130. The van der Waals surface area contributed by atoms with Crippen molar-refractivity contribution in [3.63, 3.8) is 0 Å². The zero-order chi connectivity index (χ0) is 52.2. The van der Waals surface area contributed by atoms with Gasteiger partial charge in [-0.2, -0.15) is 0 Å². The van der Waals surface area contributed by atoms with Gasteiger partial charge >= 0.3 is 0 Å². The predicted octanol–water partition coefficient (Wildman–Crippen LogP) is 7.70. The average molecular weight is 1050 g/mol. The summed E-state index contributed by atoms with van der Waals surface area (Å²) < 4.78 is 17.9. The quantitative estimate of drug-likeness (QED) is 0.0410. The number of likely N-dealkylation sites (N-methyl/N-ethyl adjacent to an activating group) is 1. The first-order chi connectivity index (χ1) is 35.0. The fraction of sp³-hybridized carbons (Fsp3) is 0.157. The normalized spacial score (nSPS) is 11.6. The summed E-state index contributed by atoms with van der Waals surface area (Å²) in [4.78, 5) is 87.8. The Morgan fingerprint density at radius 1 is 0.685 bits per heavy atom. The van der Waals surface area contributed by atoms with Gasteiger partial charge in [0, 0.05) is 61.2 Å². The molecule has 0 radical (unpaired) electrons. The minimum Gasteiger partial charge on any atom is -0.497 e. The zero-order valence-electron chi connectivity index (χ0n) is 39.0. The van der Waals surface area contributed by atoms with Crippen LogP contribution in [0.5, 0.6) is 5.75 Å². The van der Waals surface area contributed by atoms with Gasteiger partial charge in [-0.15, -0.1) is 0 Å². The van der Waals surface area contributed by atoms with E-state index in [9.17, 15) is 33.5 Å². The van der Waals surface area contributed by atoms with Crippen molar-refractivity contribution in [2.24, 2.45) is 0 Å². The smallest absolute Gasteiger partial charge is 0.268 e. The van der Waals surface area contributed by atoms with Crippen LogP contribution < -0.4 is 20.7 Å². The summed E-state index contributed by atoms with van der Waals surface area (Å²) in [6.45, 7) is -0.0849. The Labute approximate surface area is 430 Å². The number of Topliss-reactive ketones (excluding diaryl/α,β-unsaturated/α-hetero) is 1. The second-order valence-electron chi connectivity index (χ2n) is 16.3. The Kier molecular flexibility index (Phi) is 17.5. The molecular weight excluding hydrogens is 1000 g/mol. The van der Waals surface area contributed by atoms with Crippen molar-refractivity contribution in [2.45, 2.75) is 18.6 Å². The van der Waals surface area contributed by atoms with Gasteiger partial charge in [-0.3, -0.25) is 29.0 Å². The van der Waals surface area contributed by atoms with E-state index < -0.39 is 12.1 Å². The molecule has 0 saturated heterocycles. The number of methoxy groups -OCH3 is 1. The van der Waals surface area contributed by atoms with Gasteiger partial charge in [-0.25, -0.2) is 19.3 Å². The summed E-state index contributed by atoms with van der Waals surface area (Å²) in [7, 11) is 4.86. The van der Waals surface area contributed by atoms with Crippen molar-refractivity contribution < 1.29 is 38.2 Å². The Morgan fingerprint density at radius 3 is 1.67 bits per heavy atom. The lowest BCUT2D eigenvalue weighted by Gasteiger charge is -2.21. The molecule has 0 fully saturated rings. The molecule has 7 aromatic heterocycles. The third-order valence-electron chi connectivity index (χ3n) is 10.9. The molecule has 0 bridgehead atoms. The van der Waals surface area contributed by atoms with Crippen molar-refractivity contribution >= 4 is 96.9 Å². The maximum absolute atomic E-state index is 12.8. The summed E-state index contributed by atoms with van der Waals surface area (Å²) in [6, 6.07) is 25.1. The van der Waals surface area contributed by atoms with Crippen molar-refractivity contribution in [2.75, 3.05) is 34.3 Å². The Hall–Kier alpha value is -8.23. The summed E-state index contributed by atoms with van der Waals surface area (Å²) in [6.07, 6.45) is 7.43. The number of carbonyl (C=O) groups is 5. The molecule has 0 aliphatic heterocycles. The van der Waals surface area contributed by atoms with Gasteiger partial charge in [0.1, 0.15) is 50.1 Å². The molecule has 4 amide bonds. The molecule has 9 aromatic rings. The number of H-pyrrole nitrogens is 3. The number of ketones is 1. The van der Waals surface area contributed by atoms with Gasteiger partial charge in [0.15, 0.2) is 5.78 Å². The number of aliphatic hydroxyl groups is 1. The number of rotatable bonds is 14. The average Bonchev–Trinajstić information content (AvgIpc) is 4.14. The van der Waals surface area contributed by atoms with E-state index >= 15 is 0 Å². The number of aromatic amines is 3. The van der Waals surface area contributed by atoms with E-state index in [1.807, 2.05) is 6.07 Å². The zero-order valence-corrected chi connectivity index (χ0v) is 41.3. The molecule has 18 nitrogen and oxygen atoms in total. The molecule has 22 heteroatoms. The van der Waals surface area contributed by atoms with Gasteiger partial charge in [0.25, 0.3) is 17.7 Å². The number of aliphatic hydroxyl groups excluding tert-OH is 1. The van der Waals surface area contributed by atoms with Crippen LogP contribution in [0.4, 0.5) is 4.39 Å². The topological polar surface area (TPSA) is 253 Å². The van der Waals surface area contributed by atoms with E-state index in [0.717, 1.165) is 21.7 Å². The van der Waals surface area contributed by atoms with Crippen molar-refractivity contribution in [3.05, 3.63) is 183 Å². The second kappa shape index (κ2) is 24.3. The van der Waals surface area contributed by atoms with Crippen LogP contribution in [-0.2, 0) is 11.2 Å². The van der Waals surface area contributed by atoms with Crippen LogP contribution >= 0.6 is 34.8 Å². The SMILES string of the molecule is CN(C)C(=O)[C@H](Cc1cccnc1)NC(=O)c1cc2cc(Cl)ncc2[nH]1.COc1ccc(C(=O)CNC(=O)c2cc3cc(Cl)ncc3[nH]2)cc1.O=C(NCC(O)c1ccc(F)cc1)c1cc2cc(Cl)ncc2[nH]1. The van der Waals surface area contributed by atoms with Crippen molar-refractivity contribution in [3.8, 4) is 5.75 Å². The molecule has 0 saturated carbocycles. The van der Waals surface area contributed by atoms with Crippen molar-refractivity contribution in [1.29, 1.82) is 0 Å². The maximum atomic E-state index is 12.8. The van der Waals surface area contributed by atoms with E-state index in [-0.39, 0.29) is 48.3 Å². The summed E-state index contributed by atoms with van der Waals surface area (Å²) in [5.41, 5.74) is 5.01. The molecule has 374 valence electrons. The molecule has 73 heavy (non-hydrogen) atoms. The lowest BCUT2D eigenvalue weighted by atomic mass is 10.1. The lowest BCUT2D eigenvalue weighted by Crippen LogP contribution is -2.47. The van der Waals surface area contributed by atoms with E-state index in [2.05, 4.69) is 50.8 Å². The first kappa shape index (κ1) is 52.6. The summed E-state index contributed by atoms with van der Waals surface area (Å²) >= 11 is 17.5. The third-order valence-corrected chi connectivity index (χ3v) is 11.5. The molecule has 9 rings (SSSR count). The molecule has 1 unspecified atom stereocenters. The molecule has 2 aromatic carbocycles. The number of nitrogens with one attached hydrogen (secondary N) is 6. The fourth-order valence-electron chi connectivity index (χ4n) is 7.11. The van der Waals surface area contributed by atoms with Crippen molar-refractivity contribution in [1.82, 2.24) is 55.7 Å². The molecule has 7 N–H and O–H groups in total. The highest BCUT2D eigenvalue weighted by Crippen LogP contribution is 2.21. The largest absolute Gasteiger partial charge is 0.497 e. The number of hydrogen-bond acceptors (Lipinski definition) is 11. The molecule has 7 heterocycles. The third kappa shape index (κ3) is 14.2. The molecule has 0 aliphatic rings. The number of fused-ring (bicyclic) bond motifs is 3. The number of benzene rings is 2. The number of halogens is 4. The van der Waals surface area contributed by atoms with E-state index in [4.69, 9.17) is 39.5 Å². The number of hydrogen-bond donors (Lipinski definition) is 7. The van der Waals surface area contributed by atoms with Crippen LogP contribution in [0.25, 0.3) is 32.7 Å². The Balaban J connectivity index is 0.000000161. The molecule has 0 aliphatic carbocycles. The van der Waals surface area contributed by atoms with Gasteiger partial charge in [0.05, 0.1) is 54.9 Å². The summed E-state index contributed by atoms with van der Waals surface area (Å²) in [5.74, 6) is -1.20. The van der Waals surface area contributed by atoms with Crippen LogP contribution in [0.1, 0.15) is 59.1 Å². The number of aromatic nitrogens is 7. The first-order valence-electron chi connectivity index (χ1n) is 22.0. The highest BCUT2D eigenvalue weighted by Gasteiger charge is 2.24. The van der Waals surface area contributed by atoms with Gasteiger partial charge in [-0.05, 0) is 90.0 Å². The molecule has 2 atom stereocenters. The van der Waals surface area contributed by atoms with Crippen LogP contribution in [0.3, 0.4) is 0 Å². The highest BCUT2D eigenvalue weighted by atomic mass is 35.5. The minimum atomic E-state index is -0.917.